The van der Waals surface area contributed by atoms with Crippen molar-refractivity contribution in [2.24, 2.45) is 0 Å². The van der Waals surface area contributed by atoms with Gasteiger partial charge in [0.05, 0.1) is 22.2 Å². The summed E-state index contributed by atoms with van der Waals surface area (Å²) in [6, 6.07) is 37.7. The summed E-state index contributed by atoms with van der Waals surface area (Å²) >= 11 is 0. The molecule has 3 heteroatoms. The van der Waals surface area contributed by atoms with Crippen LogP contribution in [-0.2, 0) is 0 Å². The third kappa shape index (κ3) is 2.39. The average molecular weight is 530 g/mol. The maximum absolute atomic E-state index is 5.39. The van der Waals surface area contributed by atoms with Gasteiger partial charge >= 0.3 is 0 Å². The van der Waals surface area contributed by atoms with E-state index in [0.717, 1.165) is 44.0 Å². The van der Waals surface area contributed by atoms with Crippen molar-refractivity contribution in [3.63, 3.8) is 0 Å². The first kappa shape index (κ1) is 21.1. The zero-order chi connectivity index (χ0) is 27.1. The third-order valence-corrected chi connectivity index (χ3v) is 9.55. The number of fused-ring (bicyclic) bond motifs is 6. The normalized spacial score (nSPS) is 12.8. The number of pyridine rings is 3. The predicted octanol–water partition coefficient (Wildman–Crippen LogP) is 10.2. The summed E-state index contributed by atoms with van der Waals surface area (Å²) in [4.78, 5) is 14.9. The smallest absolute Gasteiger partial charge is 0.0825 e. The Morgan fingerprint density at radius 2 is 0.810 bits per heavy atom. The second-order valence-electron chi connectivity index (χ2n) is 11.6. The molecule has 3 heterocycles. The van der Waals surface area contributed by atoms with Crippen molar-refractivity contribution in [1.29, 1.82) is 0 Å². The quantitative estimate of drug-likeness (QED) is 0.157. The zero-order valence-electron chi connectivity index (χ0n) is 22.3. The monoisotopic (exact) mass is 529 g/mol. The van der Waals surface area contributed by atoms with Crippen LogP contribution in [0.3, 0.4) is 0 Å². The van der Waals surface area contributed by atoms with Crippen LogP contribution >= 0.6 is 0 Å². The van der Waals surface area contributed by atoms with Crippen LogP contribution in [0.2, 0.25) is 0 Å². The minimum atomic E-state index is 0.941. The number of hydrogen-bond donors (Lipinski definition) is 0. The first-order valence-corrected chi connectivity index (χ1v) is 14.4. The molecule has 0 aliphatic heterocycles. The first-order chi connectivity index (χ1) is 20.8. The van der Waals surface area contributed by atoms with Crippen LogP contribution in [0.25, 0.3) is 109 Å². The molecule has 11 rings (SSSR count). The van der Waals surface area contributed by atoms with E-state index in [-0.39, 0.29) is 0 Å². The molecule has 0 spiro atoms. The van der Waals surface area contributed by atoms with Gasteiger partial charge < -0.3 is 0 Å². The lowest BCUT2D eigenvalue weighted by Crippen LogP contribution is -1.95. The van der Waals surface area contributed by atoms with Crippen molar-refractivity contribution in [3.05, 3.63) is 116 Å². The SMILES string of the molecule is c1cnc2c(c1)c1ncccc1c1nc(-c3cc4ccc5ccc6ccc7ccc8ccc3c3c8c7c6c5c43)ccc21. The molecule has 0 amide bonds. The summed E-state index contributed by atoms with van der Waals surface area (Å²) < 4.78 is 0. The Balaban J connectivity index is 1.35. The van der Waals surface area contributed by atoms with E-state index < -0.39 is 0 Å². The Morgan fingerprint density at radius 1 is 0.357 bits per heavy atom. The van der Waals surface area contributed by atoms with Gasteiger partial charge in [-0.3, -0.25) is 9.97 Å². The molecular weight excluding hydrogens is 510 g/mol. The molecule has 190 valence electrons. The molecule has 3 nitrogen and oxygen atoms in total. The van der Waals surface area contributed by atoms with Gasteiger partial charge in [0.1, 0.15) is 0 Å². The van der Waals surface area contributed by atoms with E-state index in [4.69, 9.17) is 15.0 Å². The molecule has 0 unspecified atom stereocenters. The molecule has 0 fully saturated rings. The Morgan fingerprint density at radius 3 is 1.43 bits per heavy atom. The topological polar surface area (TPSA) is 38.7 Å². The fourth-order valence-corrected chi connectivity index (χ4v) is 7.83. The summed E-state index contributed by atoms with van der Waals surface area (Å²) in [5.41, 5.74) is 4.94. The molecule has 0 radical (unpaired) electrons. The van der Waals surface area contributed by atoms with Crippen molar-refractivity contribution in [2.45, 2.75) is 0 Å². The predicted molar refractivity (Wildman–Crippen MR) is 176 cm³/mol. The third-order valence-electron chi connectivity index (χ3n) is 9.55. The number of benzene rings is 8. The molecule has 0 bridgehead atoms. The van der Waals surface area contributed by atoms with E-state index >= 15 is 0 Å². The van der Waals surface area contributed by atoms with E-state index in [0.29, 0.717) is 0 Å². The Bertz CT molecular complexity index is 2810. The summed E-state index contributed by atoms with van der Waals surface area (Å²) in [6.07, 6.45) is 3.70. The lowest BCUT2D eigenvalue weighted by Gasteiger charge is -2.22. The zero-order valence-corrected chi connectivity index (χ0v) is 22.3. The molecule has 0 aliphatic rings. The van der Waals surface area contributed by atoms with Gasteiger partial charge in [0, 0.05) is 34.1 Å². The molecule has 11 aromatic rings. The van der Waals surface area contributed by atoms with Gasteiger partial charge in [-0.05, 0) is 107 Å². The van der Waals surface area contributed by atoms with Gasteiger partial charge in [-0.15, -0.1) is 0 Å². The minimum Gasteiger partial charge on any atom is -0.255 e. The molecular formula is C39H19N3. The van der Waals surface area contributed by atoms with Gasteiger partial charge in [0.25, 0.3) is 0 Å². The van der Waals surface area contributed by atoms with Crippen LogP contribution in [0.5, 0.6) is 0 Å². The van der Waals surface area contributed by atoms with Gasteiger partial charge in [0.2, 0.25) is 0 Å². The van der Waals surface area contributed by atoms with Gasteiger partial charge in [-0.2, -0.15) is 0 Å². The van der Waals surface area contributed by atoms with Gasteiger partial charge in [-0.25, -0.2) is 4.98 Å². The highest BCUT2D eigenvalue weighted by molar-refractivity contribution is 6.45. The molecule has 42 heavy (non-hydrogen) atoms. The van der Waals surface area contributed by atoms with Crippen LogP contribution in [0.15, 0.2) is 116 Å². The average Bonchev–Trinajstić information content (AvgIpc) is 3.06. The molecule has 0 saturated heterocycles. The standard InChI is InChI=1S/C39H19N3/c1-3-26-37-27(4-2-18-40-37)39-28(38(26)41-17-1)15-16-30(42-39)29-19-24-12-11-22-8-6-20-5-7-21-9-10-23-13-14-25(29)36-34(23)32(21)31(20)33(22)35(24)36/h1-19H. The Hall–Kier alpha value is -5.67. The van der Waals surface area contributed by atoms with Crippen molar-refractivity contribution in [2.75, 3.05) is 0 Å². The summed E-state index contributed by atoms with van der Waals surface area (Å²) in [6.45, 7) is 0. The van der Waals surface area contributed by atoms with Gasteiger partial charge in [0.15, 0.2) is 0 Å². The number of aromatic nitrogens is 3. The molecule has 0 saturated carbocycles. The van der Waals surface area contributed by atoms with Crippen molar-refractivity contribution in [3.8, 4) is 11.3 Å². The molecule has 8 aromatic carbocycles. The first-order valence-electron chi connectivity index (χ1n) is 14.4. The van der Waals surface area contributed by atoms with E-state index in [1.54, 1.807) is 0 Å². The summed E-state index contributed by atoms with van der Waals surface area (Å²) in [5, 5.41) is 19.0. The van der Waals surface area contributed by atoms with E-state index in [9.17, 15) is 0 Å². The highest BCUT2D eigenvalue weighted by Gasteiger charge is 2.22. The van der Waals surface area contributed by atoms with Gasteiger partial charge in [-0.1, -0.05) is 60.7 Å². The highest BCUT2D eigenvalue weighted by Crippen LogP contribution is 2.50. The molecule has 0 aliphatic carbocycles. The maximum Gasteiger partial charge on any atom is 0.0825 e. The highest BCUT2D eigenvalue weighted by atomic mass is 14.7. The van der Waals surface area contributed by atoms with Crippen LogP contribution in [0, 0.1) is 0 Å². The number of hydrogen-bond acceptors (Lipinski definition) is 3. The van der Waals surface area contributed by atoms with Crippen LogP contribution in [0.4, 0.5) is 0 Å². The minimum absolute atomic E-state index is 0.941. The second-order valence-corrected chi connectivity index (χ2v) is 11.6. The fourth-order valence-electron chi connectivity index (χ4n) is 7.83. The van der Waals surface area contributed by atoms with E-state index in [1.807, 2.05) is 24.5 Å². The van der Waals surface area contributed by atoms with Crippen LogP contribution in [0.1, 0.15) is 0 Å². The molecule has 3 aromatic heterocycles. The lowest BCUT2D eigenvalue weighted by atomic mass is 9.81. The molecule has 0 N–H and O–H groups in total. The Kier molecular flexibility index (Phi) is 3.59. The van der Waals surface area contributed by atoms with Crippen LogP contribution in [-0.4, -0.2) is 15.0 Å². The fraction of sp³-hybridized carbons (Fsp3) is 0. The van der Waals surface area contributed by atoms with Crippen LogP contribution < -0.4 is 0 Å². The second kappa shape index (κ2) is 7.15. The summed E-state index contributed by atoms with van der Waals surface area (Å²) in [7, 11) is 0. The lowest BCUT2D eigenvalue weighted by molar-refractivity contribution is 1.38. The number of nitrogens with zero attached hydrogens (tertiary/aromatic N) is 3. The van der Waals surface area contributed by atoms with Crippen molar-refractivity contribution >= 4 is 97.3 Å². The Labute approximate surface area is 238 Å². The number of rotatable bonds is 1. The summed E-state index contributed by atoms with van der Waals surface area (Å²) in [5.74, 6) is 0. The van der Waals surface area contributed by atoms with E-state index in [1.165, 1.54) is 64.6 Å². The maximum atomic E-state index is 5.39. The van der Waals surface area contributed by atoms with E-state index in [2.05, 4.69) is 91.0 Å². The molecule has 0 atom stereocenters. The van der Waals surface area contributed by atoms with Crippen molar-refractivity contribution < 1.29 is 0 Å². The largest absolute Gasteiger partial charge is 0.255 e. The van der Waals surface area contributed by atoms with Crippen molar-refractivity contribution in [1.82, 2.24) is 15.0 Å².